The van der Waals surface area contributed by atoms with Crippen molar-refractivity contribution in [1.29, 1.82) is 0 Å². The number of rotatable bonds is 3. The topological polar surface area (TPSA) is 111 Å². The Bertz CT molecular complexity index is 1480. The number of pyridine rings is 2. The van der Waals surface area contributed by atoms with Crippen LogP contribution in [0.4, 0.5) is 4.39 Å². The maximum absolute atomic E-state index is 14.7. The Kier molecular flexibility index (Phi) is 10.4. The lowest BCUT2D eigenvalue weighted by atomic mass is 9.78. The van der Waals surface area contributed by atoms with Crippen molar-refractivity contribution in [3.05, 3.63) is 74.3 Å². The van der Waals surface area contributed by atoms with E-state index in [4.69, 9.17) is 14.8 Å². The zero-order valence-electron chi connectivity index (χ0n) is 24.1. The first-order valence-corrected chi connectivity index (χ1v) is 13.8. The summed E-state index contributed by atoms with van der Waals surface area (Å²) >= 11 is 0. The van der Waals surface area contributed by atoms with Crippen LogP contribution in [-0.4, -0.2) is 46.1 Å². The van der Waals surface area contributed by atoms with Crippen LogP contribution in [0.2, 0.25) is 0 Å². The van der Waals surface area contributed by atoms with Gasteiger partial charge in [0.25, 0.3) is 5.56 Å². The van der Waals surface area contributed by atoms with Crippen molar-refractivity contribution in [2.75, 3.05) is 20.3 Å². The molecule has 0 spiro atoms. The number of halogens is 1. The molecule has 1 aromatic carbocycles. The first kappa shape index (κ1) is 31.1. The van der Waals surface area contributed by atoms with Gasteiger partial charge in [0.05, 0.1) is 42.2 Å². The number of hydrogen-bond acceptors (Lipinski definition) is 7. The van der Waals surface area contributed by atoms with Crippen molar-refractivity contribution >= 4 is 16.9 Å². The van der Waals surface area contributed by atoms with Gasteiger partial charge in [-0.15, -0.1) is 6.58 Å². The molecule has 2 atom stereocenters. The Labute approximate surface area is 234 Å². The minimum Gasteiger partial charge on any atom is -0.458 e. The summed E-state index contributed by atoms with van der Waals surface area (Å²) in [4.78, 5) is 29.8. The lowest BCUT2D eigenvalue weighted by Crippen LogP contribution is -2.32. The quantitative estimate of drug-likeness (QED) is 0.275. The van der Waals surface area contributed by atoms with Crippen molar-refractivity contribution < 1.29 is 28.9 Å². The van der Waals surface area contributed by atoms with Gasteiger partial charge in [-0.05, 0) is 42.5 Å². The number of esters is 1. The van der Waals surface area contributed by atoms with Crippen LogP contribution in [0.3, 0.4) is 0 Å². The number of aliphatic hydroxyl groups is 2. The summed E-state index contributed by atoms with van der Waals surface area (Å²) in [6.45, 7) is 14.5. The van der Waals surface area contributed by atoms with E-state index in [0.717, 1.165) is 34.9 Å². The van der Waals surface area contributed by atoms with Gasteiger partial charge in [-0.2, -0.15) is 0 Å². The second kappa shape index (κ2) is 13.3. The molecule has 2 aromatic heterocycles. The van der Waals surface area contributed by atoms with Gasteiger partial charge < -0.3 is 24.3 Å². The van der Waals surface area contributed by atoms with Crippen LogP contribution in [0.5, 0.6) is 0 Å². The molecule has 3 aromatic rings. The van der Waals surface area contributed by atoms with Crippen molar-refractivity contribution in [3.8, 4) is 11.4 Å². The highest BCUT2D eigenvalue weighted by Crippen LogP contribution is 2.46. The smallest absolute Gasteiger partial charge is 0.340 e. The third-order valence-electron chi connectivity index (χ3n) is 7.27. The minimum absolute atomic E-state index is 0.0757. The molecule has 9 heteroatoms. The van der Waals surface area contributed by atoms with E-state index in [-0.39, 0.29) is 41.6 Å². The minimum atomic E-state index is -1.50. The van der Waals surface area contributed by atoms with Gasteiger partial charge >= 0.3 is 5.97 Å². The van der Waals surface area contributed by atoms with Crippen LogP contribution >= 0.6 is 0 Å². The van der Waals surface area contributed by atoms with Gasteiger partial charge in [0.1, 0.15) is 12.4 Å². The SMILES string of the molecule is C=CC1CCc2c(C)c(F)cc3nc4c(c1c23)Cn1c-4cc2c(c1=O)COC(=O)C2O.CC.CC.COCCO. The molecule has 0 radical (unpaired) electrons. The largest absolute Gasteiger partial charge is 0.458 e. The average molecular weight is 555 g/mol. The zero-order chi connectivity index (χ0) is 29.7. The predicted molar refractivity (Wildman–Crippen MR) is 153 cm³/mol. The molecule has 2 unspecified atom stereocenters. The number of benzene rings is 1. The number of nitrogens with zero attached hydrogens (tertiary/aromatic N) is 2. The maximum Gasteiger partial charge on any atom is 0.340 e. The molecule has 0 amide bonds. The predicted octanol–water partition coefficient (Wildman–Crippen LogP) is 4.86. The van der Waals surface area contributed by atoms with Gasteiger partial charge in [-0.25, -0.2) is 14.2 Å². The lowest BCUT2D eigenvalue weighted by molar-refractivity contribution is -0.157. The number of allylic oxidation sites excluding steroid dienone is 1. The highest BCUT2D eigenvalue weighted by molar-refractivity contribution is 5.93. The number of hydrogen-bond donors (Lipinski definition) is 2. The van der Waals surface area contributed by atoms with Crippen LogP contribution < -0.4 is 5.56 Å². The van der Waals surface area contributed by atoms with Crippen molar-refractivity contribution in [2.45, 2.75) is 72.6 Å². The molecule has 2 N–H and O–H groups in total. The molecule has 0 saturated heterocycles. The Morgan fingerprint density at radius 3 is 2.50 bits per heavy atom. The summed E-state index contributed by atoms with van der Waals surface area (Å²) in [7, 11) is 1.55. The zero-order valence-corrected chi connectivity index (χ0v) is 24.1. The van der Waals surface area contributed by atoms with E-state index in [1.807, 2.05) is 33.8 Å². The first-order valence-electron chi connectivity index (χ1n) is 13.8. The molecule has 8 nitrogen and oxygen atoms in total. The van der Waals surface area contributed by atoms with Gasteiger partial charge in [-0.1, -0.05) is 33.8 Å². The number of ether oxygens (including phenoxy) is 2. The standard InChI is InChI=1S/C24H19FN2O4.C3H8O2.2C2H6/c1-3-11-4-5-12-10(2)16(25)7-17-20(12)19(11)14-8-27-18(21(14)26-17)6-13-15(23(27)29)9-31-24(30)22(13)28;1-5-3-2-4;2*1-2/h3,6-7,11,22,28H,1,4-5,8-9H2,2H3;4H,2-3H2,1H3;2*1-2H3. The Morgan fingerprint density at radius 2 is 1.90 bits per heavy atom. The average Bonchev–Trinajstić information content (AvgIpc) is 3.35. The fraction of sp³-hybridized carbons (Fsp3) is 0.452. The molecule has 216 valence electrons. The molecule has 6 rings (SSSR count). The number of aromatic nitrogens is 2. The summed E-state index contributed by atoms with van der Waals surface area (Å²) in [6.07, 6.45) is 1.97. The third kappa shape index (κ3) is 5.21. The highest BCUT2D eigenvalue weighted by atomic mass is 19.1. The van der Waals surface area contributed by atoms with E-state index in [0.29, 0.717) is 35.6 Å². The molecule has 2 aliphatic heterocycles. The molecule has 0 fully saturated rings. The molecule has 0 saturated carbocycles. The molecule has 40 heavy (non-hydrogen) atoms. The number of aryl methyl sites for hydroxylation is 1. The Hall–Kier alpha value is -3.40. The third-order valence-corrected chi connectivity index (χ3v) is 7.27. The fourth-order valence-electron chi connectivity index (χ4n) is 5.46. The number of fused-ring (bicyclic) bond motifs is 5. The highest BCUT2D eigenvalue weighted by Gasteiger charge is 2.36. The molecule has 1 aliphatic carbocycles. The van der Waals surface area contributed by atoms with E-state index in [2.05, 4.69) is 11.3 Å². The second-order valence-corrected chi connectivity index (χ2v) is 9.17. The van der Waals surface area contributed by atoms with Gasteiger partial charge in [0.15, 0.2) is 6.10 Å². The molecule has 3 aliphatic rings. The Balaban J connectivity index is 0.000000438. The van der Waals surface area contributed by atoms with E-state index in [1.54, 1.807) is 24.7 Å². The number of aliphatic hydroxyl groups excluding tert-OH is 2. The maximum atomic E-state index is 14.7. The van der Waals surface area contributed by atoms with Crippen LogP contribution in [0.1, 0.15) is 79.5 Å². The van der Waals surface area contributed by atoms with Gasteiger partial charge in [0, 0.05) is 35.6 Å². The number of carbonyl (C=O) groups is 1. The summed E-state index contributed by atoms with van der Waals surface area (Å²) in [5.74, 6) is -0.991. The lowest BCUT2D eigenvalue weighted by Gasteiger charge is -2.27. The van der Waals surface area contributed by atoms with Gasteiger partial charge in [0.2, 0.25) is 0 Å². The number of cyclic esters (lactones) is 1. The summed E-state index contributed by atoms with van der Waals surface area (Å²) < 4.78 is 25.7. The van der Waals surface area contributed by atoms with E-state index < -0.39 is 12.1 Å². The molecule has 4 heterocycles. The van der Waals surface area contributed by atoms with Crippen molar-refractivity contribution in [2.24, 2.45) is 0 Å². The Morgan fingerprint density at radius 1 is 1.20 bits per heavy atom. The summed E-state index contributed by atoms with van der Waals surface area (Å²) in [5.41, 5.74) is 5.49. The number of methoxy groups -OCH3 is 1. The van der Waals surface area contributed by atoms with Crippen LogP contribution in [0.15, 0.2) is 29.6 Å². The normalized spacial score (nSPS) is 17.5. The van der Waals surface area contributed by atoms with E-state index in [9.17, 15) is 19.1 Å². The first-order chi connectivity index (χ1) is 19.3. The van der Waals surface area contributed by atoms with Crippen LogP contribution in [0, 0.1) is 12.7 Å². The van der Waals surface area contributed by atoms with Crippen LogP contribution in [0.25, 0.3) is 22.3 Å². The number of carbonyl (C=O) groups excluding carboxylic acids is 1. The molecule has 0 bridgehead atoms. The van der Waals surface area contributed by atoms with Crippen molar-refractivity contribution in [1.82, 2.24) is 9.55 Å². The van der Waals surface area contributed by atoms with Gasteiger partial charge in [-0.3, -0.25) is 4.79 Å². The summed E-state index contributed by atoms with van der Waals surface area (Å²) in [6, 6.07) is 3.10. The fourth-order valence-corrected chi connectivity index (χ4v) is 5.46. The summed E-state index contributed by atoms with van der Waals surface area (Å²) in [5, 5.41) is 19.2. The molecular formula is C31H39FN2O6. The van der Waals surface area contributed by atoms with E-state index in [1.165, 1.54) is 6.07 Å². The van der Waals surface area contributed by atoms with Crippen molar-refractivity contribution in [3.63, 3.8) is 0 Å². The van der Waals surface area contributed by atoms with Crippen LogP contribution in [-0.2, 0) is 33.8 Å². The monoisotopic (exact) mass is 554 g/mol. The van der Waals surface area contributed by atoms with E-state index >= 15 is 0 Å². The second-order valence-electron chi connectivity index (χ2n) is 9.17. The molecular weight excluding hydrogens is 515 g/mol.